The van der Waals surface area contributed by atoms with Crippen LogP contribution in [0.15, 0.2) is 11.4 Å². The lowest BCUT2D eigenvalue weighted by Gasteiger charge is -2.16. The van der Waals surface area contributed by atoms with Gasteiger partial charge in [0.05, 0.1) is 17.6 Å². The molecule has 1 aromatic heterocycles. The minimum absolute atomic E-state index is 0.0834. The van der Waals surface area contributed by atoms with Crippen LogP contribution in [0.25, 0.3) is 0 Å². The van der Waals surface area contributed by atoms with E-state index in [1.807, 2.05) is 0 Å². The fourth-order valence-corrected chi connectivity index (χ4v) is 1.91. The molecule has 1 aliphatic rings. The van der Waals surface area contributed by atoms with Gasteiger partial charge in [0.1, 0.15) is 0 Å². The van der Waals surface area contributed by atoms with Crippen molar-refractivity contribution in [2.24, 2.45) is 0 Å². The minimum Gasteiger partial charge on any atom is -0.382 e. The van der Waals surface area contributed by atoms with Crippen molar-refractivity contribution in [2.75, 3.05) is 18.1 Å². The van der Waals surface area contributed by atoms with Crippen molar-refractivity contribution in [1.29, 1.82) is 0 Å². The molecule has 0 amide bonds. The van der Waals surface area contributed by atoms with E-state index in [2.05, 4.69) is 15.3 Å². The number of aryl methyl sites for hydroxylation is 1. The highest BCUT2D eigenvalue weighted by Crippen LogP contribution is 2.19. The van der Waals surface area contributed by atoms with Crippen LogP contribution in [0.4, 0.5) is 5.69 Å². The van der Waals surface area contributed by atoms with Crippen molar-refractivity contribution in [1.82, 2.24) is 9.97 Å². The second-order valence-electron chi connectivity index (χ2n) is 3.32. The zero-order chi connectivity index (χ0) is 10.2. The van der Waals surface area contributed by atoms with Crippen LogP contribution < -0.4 is 5.32 Å². The second kappa shape index (κ2) is 3.20. The van der Waals surface area contributed by atoms with E-state index >= 15 is 0 Å². The molecular weight excluding hydrogens is 202 g/mol. The van der Waals surface area contributed by atoms with Gasteiger partial charge in [-0.3, -0.25) is 0 Å². The van der Waals surface area contributed by atoms with Gasteiger partial charge in [0.15, 0.2) is 0 Å². The highest BCUT2D eigenvalue weighted by atomic mass is 32.2. The maximum atomic E-state index is 11.2. The third-order valence-corrected chi connectivity index (χ3v) is 2.94. The van der Waals surface area contributed by atoms with E-state index in [0.29, 0.717) is 0 Å². The number of sulfone groups is 1. The number of fused-ring (bicyclic) bond motifs is 1. The predicted octanol–water partition coefficient (Wildman–Crippen LogP) is 0.238. The Morgan fingerprint density at radius 3 is 3.00 bits per heavy atom. The lowest BCUT2D eigenvalue weighted by Crippen LogP contribution is -2.16. The molecule has 0 bridgehead atoms. The van der Waals surface area contributed by atoms with Crippen molar-refractivity contribution in [2.45, 2.75) is 18.0 Å². The fraction of sp³-hybridized carbons (Fsp3) is 0.500. The Morgan fingerprint density at radius 1 is 1.50 bits per heavy atom. The Bertz CT molecular complexity index is 456. The number of aromatic nitrogens is 2. The van der Waals surface area contributed by atoms with Crippen LogP contribution in [-0.4, -0.2) is 31.2 Å². The summed E-state index contributed by atoms with van der Waals surface area (Å²) < 4.78 is 22.3. The molecule has 0 spiro atoms. The van der Waals surface area contributed by atoms with Crippen LogP contribution in [0.5, 0.6) is 0 Å². The summed E-state index contributed by atoms with van der Waals surface area (Å²) in [5, 5.41) is 3.04. The van der Waals surface area contributed by atoms with E-state index < -0.39 is 9.84 Å². The van der Waals surface area contributed by atoms with Gasteiger partial charge < -0.3 is 5.32 Å². The molecule has 0 unspecified atom stereocenters. The first-order valence-corrected chi connectivity index (χ1v) is 6.26. The summed E-state index contributed by atoms with van der Waals surface area (Å²) in [4.78, 5) is 7.82. The zero-order valence-corrected chi connectivity index (χ0v) is 8.63. The smallest absolute Gasteiger partial charge is 0.247 e. The normalized spacial score (nSPS) is 15.8. The summed E-state index contributed by atoms with van der Waals surface area (Å²) in [5.74, 6) is 0. The molecule has 1 aliphatic heterocycles. The molecule has 14 heavy (non-hydrogen) atoms. The highest BCUT2D eigenvalue weighted by Gasteiger charge is 2.16. The van der Waals surface area contributed by atoms with E-state index in [1.165, 1.54) is 6.20 Å². The van der Waals surface area contributed by atoms with Crippen molar-refractivity contribution in [3.63, 3.8) is 0 Å². The van der Waals surface area contributed by atoms with Crippen LogP contribution in [0.1, 0.15) is 12.1 Å². The Morgan fingerprint density at radius 2 is 2.29 bits per heavy atom. The number of hydrogen-bond acceptors (Lipinski definition) is 5. The van der Waals surface area contributed by atoms with E-state index in [9.17, 15) is 8.42 Å². The van der Waals surface area contributed by atoms with Gasteiger partial charge in [0.2, 0.25) is 15.0 Å². The Balaban J connectivity index is 2.49. The number of nitrogens with zero attached hydrogens (tertiary/aromatic N) is 2. The summed E-state index contributed by atoms with van der Waals surface area (Å²) in [5.41, 5.74) is 1.65. The van der Waals surface area contributed by atoms with E-state index in [-0.39, 0.29) is 5.16 Å². The lowest BCUT2D eigenvalue weighted by molar-refractivity contribution is 0.591. The maximum Gasteiger partial charge on any atom is 0.247 e. The van der Waals surface area contributed by atoms with E-state index in [1.54, 1.807) is 0 Å². The van der Waals surface area contributed by atoms with Gasteiger partial charge in [-0.05, 0) is 12.8 Å². The molecule has 0 fully saturated rings. The average Bonchev–Trinajstić information content (AvgIpc) is 2.16. The predicted molar refractivity (Wildman–Crippen MR) is 52.0 cm³/mol. The topological polar surface area (TPSA) is 72.0 Å². The van der Waals surface area contributed by atoms with Gasteiger partial charge in [0.25, 0.3) is 0 Å². The first kappa shape index (κ1) is 9.39. The summed E-state index contributed by atoms with van der Waals surface area (Å²) in [6.07, 6.45) is 4.45. The monoisotopic (exact) mass is 213 g/mol. The summed E-state index contributed by atoms with van der Waals surface area (Å²) in [6.45, 7) is 0.897. The number of anilines is 1. The lowest BCUT2D eigenvalue weighted by atomic mass is 10.1. The second-order valence-corrected chi connectivity index (χ2v) is 5.22. The van der Waals surface area contributed by atoms with Crippen LogP contribution >= 0.6 is 0 Å². The van der Waals surface area contributed by atoms with Gasteiger partial charge in [0, 0.05) is 12.8 Å². The molecule has 1 N–H and O–H groups in total. The van der Waals surface area contributed by atoms with Gasteiger partial charge in [-0.1, -0.05) is 0 Å². The molecule has 1 aromatic rings. The van der Waals surface area contributed by atoms with E-state index in [4.69, 9.17) is 0 Å². The quantitative estimate of drug-likeness (QED) is 0.676. The highest BCUT2D eigenvalue weighted by molar-refractivity contribution is 7.90. The van der Waals surface area contributed by atoms with Crippen LogP contribution in [0.3, 0.4) is 0 Å². The van der Waals surface area contributed by atoms with Crippen LogP contribution in [0, 0.1) is 0 Å². The maximum absolute atomic E-state index is 11.2. The zero-order valence-electron chi connectivity index (χ0n) is 7.82. The Kier molecular flexibility index (Phi) is 2.14. The van der Waals surface area contributed by atoms with Crippen LogP contribution in [0.2, 0.25) is 0 Å². The SMILES string of the molecule is CS(=O)(=O)c1ncc2c(n1)CCCN2. The minimum atomic E-state index is -3.29. The largest absolute Gasteiger partial charge is 0.382 e. The molecular formula is C8H11N3O2S. The van der Waals surface area contributed by atoms with Gasteiger partial charge in [-0.2, -0.15) is 0 Å². The number of rotatable bonds is 1. The molecule has 5 nitrogen and oxygen atoms in total. The van der Waals surface area contributed by atoms with E-state index in [0.717, 1.165) is 37.0 Å². The molecule has 2 rings (SSSR count). The van der Waals surface area contributed by atoms with Gasteiger partial charge >= 0.3 is 0 Å². The molecule has 0 atom stereocenters. The van der Waals surface area contributed by atoms with Crippen molar-refractivity contribution in [3.05, 3.63) is 11.9 Å². The van der Waals surface area contributed by atoms with Gasteiger partial charge in [-0.25, -0.2) is 18.4 Å². The Hall–Kier alpha value is -1.17. The van der Waals surface area contributed by atoms with Crippen molar-refractivity contribution < 1.29 is 8.42 Å². The molecule has 6 heteroatoms. The molecule has 76 valence electrons. The van der Waals surface area contributed by atoms with Crippen molar-refractivity contribution in [3.8, 4) is 0 Å². The fourth-order valence-electron chi connectivity index (χ4n) is 1.39. The first-order valence-electron chi connectivity index (χ1n) is 4.37. The molecule has 2 heterocycles. The third-order valence-electron chi connectivity index (χ3n) is 2.08. The molecule has 0 radical (unpaired) electrons. The summed E-state index contributed by atoms with van der Waals surface area (Å²) >= 11 is 0. The summed E-state index contributed by atoms with van der Waals surface area (Å²) in [7, 11) is -3.29. The number of nitrogens with one attached hydrogen (secondary N) is 1. The van der Waals surface area contributed by atoms with Crippen LogP contribution in [-0.2, 0) is 16.3 Å². The number of hydrogen-bond donors (Lipinski definition) is 1. The van der Waals surface area contributed by atoms with Crippen molar-refractivity contribution >= 4 is 15.5 Å². The molecule has 0 saturated heterocycles. The molecule has 0 saturated carbocycles. The average molecular weight is 213 g/mol. The molecule has 0 aliphatic carbocycles. The Labute approximate surface area is 82.5 Å². The standard InChI is InChI=1S/C8H11N3O2S/c1-14(12,13)8-10-5-7-6(11-8)3-2-4-9-7/h5,9H,2-4H2,1H3. The van der Waals surface area contributed by atoms with Gasteiger partial charge in [-0.15, -0.1) is 0 Å². The third kappa shape index (κ3) is 1.70. The summed E-state index contributed by atoms with van der Waals surface area (Å²) in [6, 6.07) is 0. The first-order chi connectivity index (χ1) is 6.57. The molecule has 0 aromatic carbocycles.